The molecule has 0 saturated carbocycles. The smallest absolute Gasteiger partial charge is 0.475 e. The molecule has 6 rings (SSSR count). The van der Waals surface area contributed by atoms with Crippen LogP contribution in [0.25, 0.3) is 0 Å². The van der Waals surface area contributed by atoms with E-state index < -0.39 is 36.4 Å². The van der Waals surface area contributed by atoms with Gasteiger partial charge in [-0.2, -0.15) is 49.8 Å². The molecule has 25 heteroatoms. The van der Waals surface area contributed by atoms with E-state index >= 15 is 0 Å². The van der Waals surface area contributed by atoms with Crippen LogP contribution in [0.4, 0.5) is 74.0 Å². The van der Waals surface area contributed by atoms with Crippen LogP contribution in [0.1, 0.15) is 36.0 Å². The Morgan fingerprint density at radius 3 is 1.89 bits per heavy atom. The lowest BCUT2D eigenvalue weighted by Gasteiger charge is -2.33. The summed E-state index contributed by atoms with van der Waals surface area (Å²) >= 11 is 6.38. The summed E-state index contributed by atoms with van der Waals surface area (Å²) in [4.78, 5) is 55.4. The predicted molar refractivity (Wildman–Crippen MR) is 202 cm³/mol. The summed E-state index contributed by atoms with van der Waals surface area (Å²) in [5.41, 5.74) is 6.29. The largest absolute Gasteiger partial charge is 0.490 e. The molecule has 6 bridgehead atoms. The van der Waals surface area contributed by atoms with Crippen LogP contribution in [0.5, 0.6) is 0 Å². The van der Waals surface area contributed by atoms with E-state index in [0.29, 0.717) is 34.7 Å². The highest BCUT2D eigenvalue weighted by Crippen LogP contribution is 2.31. The highest BCUT2D eigenvalue weighted by Gasteiger charge is 2.39. The molecule has 2 aromatic heterocycles. The first-order valence-electron chi connectivity index (χ1n) is 17.4. The second-order valence-electron chi connectivity index (χ2n) is 12.8. The molecule has 1 fully saturated rings. The lowest BCUT2D eigenvalue weighted by molar-refractivity contribution is -0.193. The molecule has 332 valence electrons. The van der Waals surface area contributed by atoms with Crippen LogP contribution in [-0.4, -0.2) is 85.7 Å². The van der Waals surface area contributed by atoms with Gasteiger partial charge in [0.15, 0.2) is 5.82 Å². The second kappa shape index (κ2) is 21.6. The number of benzene rings is 2. The number of hydrogen-bond donors (Lipinski definition) is 6. The zero-order valence-corrected chi connectivity index (χ0v) is 32.1. The van der Waals surface area contributed by atoms with Crippen LogP contribution < -0.4 is 20.9 Å². The standard InChI is InChI=1S/C31H29ClN8O.3C2HF3O2/c32-27-19-35-31-37-25-13-22(17-34-18-25)1-4-23-15-24(36-30(27)39-31)5-8-28(23)38-29(41)14-20-9-11-40(12-10-20)26-6-2-21(16-33)3-7-26;3*3-2(4,5)1(6)7/h2-3,5-8,13,15,17-20H,1,4,9-12,14H2,(H,38,41)(H2,35,36,37,39);3*(H,6,7). The van der Waals surface area contributed by atoms with Gasteiger partial charge in [-0.3, -0.25) is 9.78 Å². The third kappa shape index (κ3) is 16.3. The SMILES string of the molecule is N#Cc1ccc(N2CCC(CC(=O)Nc3ccc4cc3CCc3cncc(c3)Nc3ncc(Cl)c(n3)N4)CC2)cc1.O=C(O)C(F)(F)F.O=C(O)C(F)(F)F.O=C(O)C(F)(F)F. The fourth-order valence-corrected chi connectivity index (χ4v) is 5.50. The monoisotopic (exact) mass is 906 g/mol. The number of amides is 1. The topological polar surface area (TPSA) is 231 Å². The number of aromatic nitrogens is 3. The van der Waals surface area contributed by atoms with Crippen molar-refractivity contribution in [3.05, 3.63) is 88.8 Å². The van der Waals surface area contributed by atoms with Crippen LogP contribution in [0, 0.1) is 17.2 Å². The Bertz CT molecular complexity index is 2190. The fraction of sp³-hybridized carbons (Fsp3) is 0.297. The number of halogens is 10. The maximum absolute atomic E-state index is 13.2. The van der Waals surface area contributed by atoms with E-state index in [1.165, 1.54) is 0 Å². The van der Waals surface area contributed by atoms with Gasteiger partial charge in [0.05, 0.1) is 29.7 Å². The number of carboxylic acid groups (broad SMARTS) is 3. The van der Waals surface area contributed by atoms with E-state index in [4.69, 9.17) is 46.6 Å². The lowest BCUT2D eigenvalue weighted by Crippen LogP contribution is -2.34. The predicted octanol–water partition coefficient (Wildman–Crippen LogP) is 8.13. The molecule has 0 aliphatic carbocycles. The first kappa shape index (κ1) is 49.5. The van der Waals surface area contributed by atoms with Crippen molar-refractivity contribution in [1.82, 2.24) is 15.0 Å². The number of carboxylic acids is 3. The number of rotatable bonds is 4. The Labute approximate surface area is 349 Å². The van der Waals surface area contributed by atoms with Crippen LogP contribution in [0.2, 0.25) is 5.02 Å². The lowest BCUT2D eigenvalue weighted by atomic mass is 9.92. The molecule has 0 unspecified atom stereocenters. The minimum absolute atomic E-state index is 0.0260. The summed E-state index contributed by atoms with van der Waals surface area (Å²) in [7, 11) is 0. The average molecular weight is 907 g/mol. The molecular weight excluding hydrogens is 875 g/mol. The van der Waals surface area contributed by atoms with Crippen LogP contribution in [0.3, 0.4) is 0 Å². The summed E-state index contributed by atoms with van der Waals surface area (Å²) in [5.74, 6) is -7.01. The van der Waals surface area contributed by atoms with Gasteiger partial charge in [-0.25, -0.2) is 19.4 Å². The van der Waals surface area contributed by atoms with Crippen LogP contribution in [-0.2, 0) is 32.0 Å². The summed E-state index contributed by atoms with van der Waals surface area (Å²) in [5, 5.41) is 40.5. The minimum atomic E-state index is -5.08. The van der Waals surface area contributed by atoms with E-state index in [0.717, 1.165) is 72.6 Å². The Kier molecular flexibility index (Phi) is 17.2. The minimum Gasteiger partial charge on any atom is -0.475 e. The van der Waals surface area contributed by atoms with Crippen molar-refractivity contribution in [2.45, 2.75) is 50.6 Å². The molecular formula is C37H32ClF9N8O7. The number of carbonyl (C=O) groups is 4. The normalized spacial score (nSPS) is 13.6. The van der Waals surface area contributed by atoms with Gasteiger partial charge < -0.3 is 36.2 Å². The molecule has 0 radical (unpaired) electrons. The van der Waals surface area contributed by atoms with E-state index in [2.05, 4.69) is 41.9 Å². The summed E-state index contributed by atoms with van der Waals surface area (Å²) in [6, 6.07) is 17.8. The van der Waals surface area contributed by atoms with Crippen molar-refractivity contribution in [3.63, 3.8) is 0 Å². The number of carbonyl (C=O) groups excluding carboxylic acids is 1. The number of aryl methyl sites for hydroxylation is 2. The number of pyridine rings is 1. The molecule has 62 heavy (non-hydrogen) atoms. The van der Waals surface area contributed by atoms with Gasteiger partial charge in [0.1, 0.15) is 5.02 Å². The number of piperidine rings is 1. The molecule has 0 spiro atoms. The maximum Gasteiger partial charge on any atom is 0.490 e. The van der Waals surface area contributed by atoms with Crippen LogP contribution >= 0.6 is 11.6 Å². The number of nitrogens with zero attached hydrogens (tertiary/aromatic N) is 5. The average Bonchev–Trinajstić information content (AvgIpc) is 3.19. The van der Waals surface area contributed by atoms with Crippen molar-refractivity contribution in [2.75, 3.05) is 33.9 Å². The molecule has 15 nitrogen and oxygen atoms in total. The Hall–Kier alpha value is -6.90. The number of alkyl halides is 9. The van der Waals surface area contributed by atoms with Gasteiger partial charge in [-0.1, -0.05) is 11.6 Å². The number of nitrogens with one attached hydrogen (secondary N) is 3. The number of anilines is 6. The van der Waals surface area contributed by atoms with Gasteiger partial charge >= 0.3 is 36.4 Å². The molecule has 6 N–H and O–H groups in total. The van der Waals surface area contributed by atoms with Gasteiger partial charge in [0.2, 0.25) is 11.9 Å². The van der Waals surface area contributed by atoms with E-state index in [9.17, 15) is 44.3 Å². The molecule has 2 aliphatic heterocycles. The van der Waals surface area contributed by atoms with Gasteiger partial charge in [0, 0.05) is 42.8 Å². The highest BCUT2D eigenvalue weighted by molar-refractivity contribution is 6.32. The summed E-state index contributed by atoms with van der Waals surface area (Å²) < 4.78 is 95.2. The molecule has 1 amide bonds. The molecule has 0 atom stereocenters. The Morgan fingerprint density at radius 2 is 1.35 bits per heavy atom. The van der Waals surface area contributed by atoms with E-state index in [1.54, 1.807) is 12.4 Å². The molecule has 2 aromatic carbocycles. The zero-order chi connectivity index (χ0) is 46.4. The van der Waals surface area contributed by atoms with Gasteiger partial charge in [0.25, 0.3) is 0 Å². The van der Waals surface area contributed by atoms with Crippen molar-refractivity contribution >= 4 is 69.9 Å². The van der Waals surface area contributed by atoms with Crippen molar-refractivity contribution in [3.8, 4) is 6.07 Å². The fourth-order valence-electron chi connectivity index (χ4n) is 5.36. The van der Waals surface area contributed by atoms with Crippen LogP contribution in [0.15, 0.2) is 67.1 Å². The number of aliphatic carboxylic acids is 3. The molecule has 1 saturated heterocycles. The maximum atomic E-state index is 13.2. The zero-order valence-electron chi connectivity index (χ0n) is 31.4. The third-order valence-corrected chi connectivity index (χ3v) is 8.57. The van der Waals surface area contributed by atoms with Crippen molar-refractivity contribution < 1.29 is 74.0 Å². The molecule has 4 aromatic rings. The number of fused-ring (bicyclic) bond motifs is 6. The number of hydrogen-bond acceptors (Lipinski definition) is 11. The first-order valence-corrected chi connectivity index (χ1v) is 17.8. The van der Waals surface area contributed by atoms with Crippen molar-refractivity contribution in [1.29, 1.82) is 5.26 Å². The van der Waals surface area contributed by atoms with Gasteiger partial charge in [-0.05, 0) is 91.3 Å². The van der Waals surface area contributed by atoms with Gasteiger partial charge in [-0.15, -0.1) is 0 Å². The molecule has 2 aliphatic rings. The summed E-state index contributed by atoms with van der Waals surface area (Å²) in [6.07, 6.45) is -6.26. The van der Waals surface area contributed by atoms with E-state index in [-0.39, 0.29) is 5.91 Å². The highest BCUT2D eigenvalue weighted by atomic mass is 35.5. The quantitative estimate of drug-likeness (QED) is 0.106. The van der Waals surface area contributed by atoms with Crippen molar-refractivity contribution in [2.24, 2.45) is 5.92 Å². The third-order valence-electron chi connectivity index (χ3n) is 8.30. The first-order chi connectivity index (χ1) is 28.8. The number of nitriles is 1. The Balaban J connectivity index is 0.000000403. The molecule has 4 heterocycles. The second-order valence-corrected chi connectivity index (χ2v) is 13.3. The van der Waals surface area contributed by atoms with E-state index in [1.807, 2.05) is 54.7 Å². The Morgan fingerprint density at radius 1 is 0.790 bits per heavy atom. The summed E-state index contributed by atoms with van der Waals surface area (Å²) in [6.45, 7) is 1.79.